The summed E-state index contributed by atoms with van der Waals surface area (Å²) in [6.45, 7) is 3.90. The molecule has 0 radical (unpaired) electrons. The Hall–Kier alpha value is -3.35. The van der Waals surface area contributed by atoms with E-state index >= 15 is 0 Å². The number of rotatable bonds is 9. The van der Waals surface area contributed by atoms with Gasteiger partial charge in [-0.25, -0.2) is 0 Å². The lowest BCUT2D eigenvalue weighted by Gasteiger charge is -2.17. The Balaban J connectivity index is 1.90. The lowest BCUT2D eigenvalue weighted by atomic mass is 9.88. The predicted octanol–water partition coefficient (Wildman–Crippen LogP) is 5.89. The molecule has 3 rings (SSSR count). The second-order valence-electron chi connectivity index (χ2n) is 7.21. The highest BCUT2D eigenvalue weighted by Gasteiger charge is 2.13. The summed E-state index contributed by atoms with van der Waals surface area (Å²) in [5, 5.41) is 8.74. The molecule has 0 aromatic heterocycles. The molecule has 0 aliphatic carbocycles. The Morgan fingerprint density at radius 1 is 0.833 bits per heavy atom. The van der Waals surface area contributed by atoms with Crippen LogP contribution in [-0.2, 0) is 0 Å². The van der Waals surface area contributed by atoms with Crippen molar-refractivity contribution < 1.29 is 4.74 Å². The van der Waals surface area contributed by atoms with Crippen LogP contribution in [0.5, 0.6) is 5.75 Å². The molecule has 0 aliphatic heterocycles. The topological polar surface area (TPSA) is 36.3 Å². The van der Waals surface area contributed by atoms with Crippen LogP contribution < -0.4 is 4.74 Å². The molecule has 3 aromatic rings. The van der Waals surface area contributed by atoms with Gasteiger partial charge in [0, 0.05) is 6.54 Å². The largest absolute Gasteiger partial charge is 0.492 e. The van der Waals surface area contributed by atoms with E-state index in [0.29, 0.717) is 13.2 Å². The fraction of sp³-hybridized carbons (Fsp3) is 0.222. The maximum atomic E-state index is 8.74. The summed E-state index contributed by atoms with van der Waals surface area (Å²) in [5.74, 6) is 0.842. The minimum atomic E-state index is 0.410. The Bertz CT molecular complexity index is 987. The van der Waals surface area contributed by atoms with Gasteiger partial charge >= 0.3 is 0 Å². The molecule has 0 unspecified atom stereocenters. The van der Waals surface area contributed by atoms with Crippen molar-refractivity contribution >= 4 is 11.1 Å². The van der Waals surface area contributed by atoms with Crippen molar-refractivity contribution in [3.05, 3.63) is 102 Å². The van der Waals surface area contributed by atoms with Crippen LogP contribution in [0, 0.1) is 11.3 Å². The Morgan fingerprint density at radius 2 is 1.40 bits per heavy atom. The van der Waals surface area contributed by atoms with E-state index < -0.39 is 0 Å². The molecule has 0 spiro atoms. The van der Waals surface area contributed by atoms with Crippen molar-refractivity contribution in [3.63, 3.8) is 0 Å². The fourth-order valence-electron chi connectivity index (χ4n) is 3.52. The molecule has 3 aromatic carbocycles. The highest BCUT2D eigenvalue weighted by molar-refractivity contribution is 5.98. The zero-order valence-corrected chi connectivity index (χ0v) is 17.7. The van der Waals surface area contributed by atoms with Crippen LogP contribution in [-0.4, -0.2) is 31.6 Å². The SMILES string of the molecule is CCC(=C(c1ccccc1)c1ccc(OCCN(C)CC#N)cc1)c1ccccc1. The minimum Gasteiger partial charge on any atom is -0.492 e. The molecule has 0 bridgehead atoms. The number of ether oxygens (including phenoxy) is 1. The lowest BCUT2D eigenvalue weighted by Crippen LogP contribution is -2.24. The summed E-state index contributed by atoms with van der Waals surface area (Å²) in [6.07, 6.45) is 0.942. The first-order valence-corrected chi connectivity index (χ1v) is 10.4. The minimum absolute atomic E-state index is 0.410. The Morgan fingerprint density at radius 3 is 1.97 bits per heavy atom. The standard InChI is InChI=1S/C27H28N2O/c1-3-26(22-10-6-4-7-11-22)27(23-12-8-5-9-13-23)24-14-16-25(17-15-24)30-21-20-29(2)19-18-28/h4-17H,3,19-21H2,1-2H3. The van der Waals surface area contributed by atoms with E-state index in [1.807, 2.05) is 24.1 Å². The zero-order valence-electron chi connectivity index (χ0n) is 17.7. The molecule has 0 saturated carbocycles. The van der Waals surface area contributed by atoms with E-state index in [9.17, 15) is 0 Å². The summed E-state index contributed by atoms with van der Waals surface area (Å²) in [6, 6.07) is 31.6. The monoisotopic (exact) mass is 396 g/mol. The van der Waals surface area contributed by atoms with Gasteiger partial charge in [0.05, 0.1) is 12.6 Å². The summed E-state index contributed by atoms with van der Waals surface area (Å²) >= 11 is 0. The average Bonchev–Trinajstić information content (AvgIpc) is 2.79. The Labute approximate surface area is 179 Å². The van der Waals surface area contributed by atoms with Gasteiger partial charge in [-0.05, 0) is 53.4 Å². The summed E-state index contributed by atoms with van der Waals surface area (Å²) in [5.41, 5.74) is 6.22. The average molecular weight is 397 g/mol. The van der Waals surface area contributed by atoms with Gasteiger partial charge in [-0.1, -0.05) is 79.7 Å². The number of hydrogen-bond acceptors (Lipinski definition) is 3. The molecule has 0 amide bonds. The normalized spacial score (nSPS) is 11.7. The van der Waals surface area contributed by atoms with E-state index in [0.717, 1.165) is 18.7 Å². The van der Waals surface area contributed by atoms with E-state index in [1.54, 1.807) is 0 Å². The second-order valence-corrected chi connectivity index (χ2v) is 7.21. The molecule has 0 atom stereocenters. The number of likely N-dealkylation sites (N-methyl/N-ethyl adjacent to an activating group) is 1. The van der Waals surface area contributed by atoms with Gasteiger partial charge in [0.1, 0.15) is 12.4 Å². The zero-order chi connectivity index (χ0) is 21.2. The van der Waals surface area contributed by atoms with Gasteiger partial charge in [-0.15, -0.1) is 0 Å². The summed E-state index contributed by atoms with van der Waals surface area (Å²) in [7, 11) is 1.92. The number of allylic oxidation sites excluding steroid dienone is 1. The lowest BCUT2D eigenvalue weighted by molar-refractivity contribution is 0.251. The molecule has 30 heavy (non-hydrogen) atoms. The summed E-state index contributed by atoms with van der Waals surface area (Å²) < 4.78 is 5.87. The number of benzene rings is 3. The molecule has 0 heterocycles. The van der Waals surface area contributed by atoms with Crippen LogP contribution >= 0.6 is 0 Å². The molecule has 0 aliphatic rings. The van der Waals surface area contributed by atoms with Crippen molar-refractivity contribution in [2.45, 2.75) is 13.3 Å². The maximum Gasteiger partial charge on any atom is 0.119 e. The number of hydrogen-bond donors (Lipinski definition) is 0. The van der Waals surface area contributed by atoms with E-state index in [1.165, 1.54) is 27.8 Å². The van der Waals surface area contributed by atoms with Gasteiger partial charge in [-0.2, -0.15) is 5.26 Å². The molecule has 0 N–H and O–H groups in total. The van der Waals surface area contributed by atoms with Gasteiger partial charge in [0.25, 0.3) is 0 Å². The van der Waals surface area contributed by atoms with Crippen LogP contribution in [0.15, 0.2) is 84.9 Å². The van der Waals surface area contributed by atoms with Crippen molar-refractivity contribution in [3.8, 4) is 11.8 Å². The summed E-state index contributed by atoms with van der Waals surface area (Å²) in [4.78, 5) is 1.94. The molecular weight excluding hydrogens is 368 g/mol. The van der Waals surface area contributed by atoms with Crippen molar-refractivity contribution in [1.29, 1.82) is 5.26 Å². The highest BCUT2D eigenvalue weighted by atomic mass is 16.5. The van der Waals surface area contributed by atoms with E-state index in [2.05, 4.69) is 85.8 Å². The van der Waals surface area contributed by atoms with E-state index in [-0.39, 0.29) is 0 Å². The third kappa shape index (κ3) is 5.59. The molecule has 152 valence electrons. The van der Waals surface area contributed by atoms with Crippen LogP contribution in [0.2, 0.25) is 0 Å². The molecule has 0 fully saturated rings. The van der Waals surface area contributed by atoms with Crippen LogP contribution in [0.1, 0.15) is 30.0 Å². The van der Waals surface area contributed by atoms with Crippen molar-refractivity contribution in [1.82, 2.24) is 4.90 Å². The van der Waals surface area contributed by atoms with E-state index in [4.69, 9.17) is 10.00 Å². The van der Waals surface area contributed by atoms with Gasteiger partial charge in [-0.3, -0.25) is 4.90 Å². The van der Waals surface area contributed by atoms with Gasteiger partial charge in [0.15, 0.2) is 0 Å². The maximum absolute atomic E-state index is 8.74. The molecule has 3 heteroatoms. The van der Waals surface area contributed by atoms with Gasteiger partial charge in [0.2, 0.25) is 0 Å². The predicted molar refractivity (Wildman–Crippen MR) is 124 cm³/mol. The van der Waals surface area contributed by atoms with Crippen LogP contribution in [0.25, 0.3) is 11.1 Å². The molecular formula is C27H28N2O. The van der Waals surface area contributed by atoms with Crippen molar-refractivity contribution in [2.24, 2.45) is 0 Å². The quantitative estimate of drug-likeness (QED) is 0.334. The molecule has 0 saturated heterocycles. The number of nitriles is 1. The first-order chi connectivity index (χ1) is 14.7. The first kappa shape index (κ1) is 21.4. The third-order valence-corrected chi connectivity index (χ3v) is 5.07. The van der Waals surface area contributed by atoms with Crippen LogP contribution in [0.4, 0.5) is 0 Å². The fourth-order valence-corrected chi connectivity index (χ4v) is 3.52. The number of nitrogens with zero attached hydrogens (tertiary/aromatic N) is 2. The second kappa shape index (κ2) is 11.0. The van der Waals surface area contributed by atoms with Crippen LogP contribution in [0.3, 0.4) is 0 Å². The highest BCUT2D eigenvalue weighted by Crippen LogP contribution is 2.34. The first-order valence-electron chi connectivity index (χ1n) is 10.4. The Kier molecular flexibility index (Phi) is 7.83. The molecule has 3 nitrogen and oxygen atoms in total. The smallest absolute Gasteiger partial charge is 0.119 e. The van der Waals surface area contributed by atoms with Gasteiger partial charge < -0.3 is 4.74 Å². The third-order valence-electron chi connectivity index (χ3n) is 5.07. The van der Waals surface area contributed by atoms with Crippen molar-refractivity contribution in [2.75, 3.05) is 26.7 Å².